The summed E-state index contributed by atoms with van der Waals surface area (Å²) in [5, 5.41) is 11.6. The minimum absolute atomic E-state index is 0.527. The molecule has 4 nitrogen and oxygen atoms in total. The predicted molar refractivity (Wildman–Crippen MR) is 73.1 cm³/mol. The van der Waals surface area contributed by atoms with Gasteiger partial charge in [0.15, 0.2) is 0 Å². The summed E-state index contributed by atoms with van der Waals surface area (Å²) in [6.07, 6.45) is 2.56. The highest BCUT2D eigenvalue weighted by Crippen LogP contribution is 2.20. The fraction of sp³-hybridized carbons (Fsp3) is 0.333. The molecule has 0 atom stereocenters. The van der Waals surface area contributed by atoms with Crippen LogP contribution < -0.4 is 10.1 Å². The molecule has 4 heteroatoms. The molecule has 0 radical (unpaired) electrons. The summed E-state index contributed by atoms with van der Waals surface area (Å²) in [6.45, 7) is 2.83. The summed E-state index contributed by atoms with van der Waals surface area (Å²) in [5.41, 5.74) is 2.16. The van der Waals surface area contributed by atoms with Gasteiger partial charge in [0.1, 0.15) is 5.75 Å². The summed E-state index contributed by atoms with van der Waals surface area (Å²) in [7, 11) is 0. The molecule has 1 aromatic heterocycles. The van der Waals surface area contributed by atoms with Crippen molar-refractivity contribution in [2.75, 3.05) is 0 Å². The van der Waals surface area contributed by atoms with Gasteiger partial charge in [0.05, 0.1) is 5.69 Å². The van der Waals surface area contributed by atoms with Crippen LogP contribution in [0.4, 0.5) is 0 Å². The summed E-state index contributed by atoms with van der Waals surface area (Å²) >= 11 is 0. The first kappa shape index (κ1) is 12.1. The molecule has 19 heavy (non-hydrogen) atoms. The summed E-state index contributed by atoms with van der Waals surface area (Å²) in [6, 6.07) is 12.4. The maximum Gasteiger partial charge on any atom is 0.238 e. The maximum atomic E-state index is 5.63. The van der Waals surface area contributed by atoms with Crippen LogP contribution in [0.5, 0.6) is 11.6 Å². The average molecular weight is 255 g/mol. The van der Waals surface area contributed by atoms with Crippen molar-refractivity contribution in [2.45, 2.75) is 32.4 Å². The maximum absolute atomic E-state index is 5.63. The van der Waals surface area contributed by atoms with Gasteiger partial charge in [-0.3, -0.25) is 0 Å². The van der Waals surface area contributed by atoms with Gasteiger partial charge in [-0.05, 0) is 38.0 Å². The smallest absolute Gasteiger partial charge is 0.238 e. The second-order valence-electron chi connectivity index (χ2n) is 4.93. The number of aromatic nitrogens is 2. The number of nitrogens with one attached hydrogen (secondary N) is 1. The zero-order valence-electron chi connectivity index (χ0n) is 11.0. The molecule has 0 unspecified atom stereocenters. The van der Waals surface area contributed by atoms with Crippen LogP contribution in [0.2, 0.25) is 0 Å². The second kappa shape index (κ2) is 5.36. The van der Waals surface area contributed by atoms with E-state index in [0.717, 1.165) is 18.0 Å². The van der Waals surface area contributed by atoms with Gasteiger partial charge in [-0.15, -0.1) is 5.10 Å². The molecule has 98 valence electrons. The largest absolute Gasteiger partial charge is 0.438 e. The Morgan fingerprint density at radius 1 is 1.11 bits per heavy atom. The van der Waals surface area contributed by atoms with E-state index in [2.05, 4.69) is 15.5 Å². The highest BCUT2D eigenvalue weighted by Gasteiger charge is 2.20. The van der Waals surface area contributed by atoms with Crippen LogP contribution in [0.15, 0.2) is 36.4 Å². The number of hydrogen-bond donors (Lipinski definition) is 1. The predicted octanol–water partition coefficient (Wildman–Crippen LogP) is 2.83. The lowest BCUT2D eigenvalue weighted by molar-refractivity contribution is 0.453. The Labute approximate surface area is 112 Å². The summed E-state index contributed by atoms with van der Waals surface area (Å²) in [4.78, 5) is 0. The Kier molecular flexibility index (Phi) is 3.42. The van der Waals surface area contributed by atoms with E-state index < -0.39 is 0 Å². The molecule has 1 N–H and O–H groups in total. The first-order chi connectivity index (χ1) is 9.29. The van der Waals surface area contributed by atoms with Gasteiger partial charge in [0.25, 0.3) is 0 Å². The van der Waals surface area contributed by atoms with Crippen molar-refractivity contribution in [3.63, 3.8) is 0 Å². The highest BCUT2D eigenvalue weighted by atomic mass is 16.5. The molecule has 0 aliphatic heterocycles. The van der Waals surface area contributed by atoms with Gasteiger partial charge >= 0.3 is 0 Å². The fourth-order valence-corrected chi connectivity index (χ4v) is 1.76. The number of nitrogens with zero attached hydrogens (tertiary/aromatic N) is 2. The third kappa shape index (κ3) is 3.51. The number of ether oxygens (including phenoxy) is 1. The first-order valence-corrected chi connectivity index (χ1v) is 6.60. The molecule has 0 bridgehead atoms. The topological polar surface area (TPSA) is 47.0 Å². The fourth-order valence-electron chi connectivity index (χ4n) is 1.76. The molecule has 0 amide bonds. The zero-order valence-corrected chi connectivity index (χ0v) is 11.0. The summed E-state index contributed by atoms with van der Waals surface area (Å²) < 4.78 is 5.63. The van der Waals surface area contributed by atoms with Crippen molar-refractivity contribution in [3.8, 4) is 11.6 Å². The van der Waals surface area contributed by atoms with Crippen molar-refractivity contribution in [2.24, 2.45) is 0 Å². The lowest BCUT2D eigenvalue weighted by Gasteiger charge is -2.05. The van der Waals surface area contributed by atoms with E-state index in [4.69, 9.17) is 4.74 Å². The zero-order chi connectivity index (χ0) is 13.1. The molecule has 1 aliphatic rings. The number of hydrogen-bond acceptors (Lipinski definition) is 4. The molecule has 1 heterocycles. The molecular weight excluding hydrogens is 238 g/mol. The Morgan fingerprint density at radius 3 is 2.53 bits per heavy atom. The summed E-state index contributed by atoms with van der Waals surface area (Å²) in [5.74, 6) is 1.31. The van der Waals surface area contributed by atoms with Crippen LogP contribution in [0.25, 0.3) is 0 Å². The van der Waals surface area contributed by atoms with Gasteiger partial charge in [-0.2, -0.15) is 5.10 Å². The monoisotopic (exact) mass is 255 g/mol. The number of rotatable bonds is 5. The minimum Gasteiger partial charge on any atom is -0.438 e. The third-order valence-electron chi connectivity index (χ3n) is 3.09. The Bertz CT molecular complexity index is 532. The molecule has 0 spiro atoms. The van der Waals surface area contributed by atoms with Crippen molar-refractivity contribution < 1.29 is 4.74 Å². The normalized spacial score (nSPS) is 14.4. The molecule has 3 rings (SSSR count). The van der Waals surface area contributed by atoms with Crippen molar-refractivity contribution in [1.82, 2.24) is 15.5 Å². The molecule has 1 saturated carbocycles. The van der Waals surface area contributed by atoms with Crippen molar-refractivity contribution >= 4 is 0 Å². The van der Waals surface area contributed by atoms with Crippen LogP contribution in [-0.2, 0) is 6.54 Å². The van der Waals surface area contributed by atoms with Gasteiger partial charge in [0, 0.05) is 18.7 Å². The second-order valence-corrected chi connectivity index (χ2v) is 4.93. The van der Waals surface area contributed by atoms with Crippen LogP contribution in [-0.4, -0.2) is 16.2 Å². The minimum atomic E-state index is 0.527. The quantitative estimate of drug-likeness (QED) is 0.892. The van der Waals surface area contributed by atoms with Gasteiger partial charge in [0.2, 0.25) is 5.88 Å². The van der Waals surface area contributed by atoms with E-state index in [9.17, 15) is 0 Å². The van der Waals surface area contributed by atoms with E-state index in [1.807, 2.05) is 43.3 Å². The van der Waals surface area contributed by atoms with Crippen LogP contribution >= 0.6 is 0 Å². The first-order valence-electron chi connectivity index (χ1n) is 6.60. The molecule has 2 aromatic rings. The SMILES string of the molecule is Cc1ccc(Oc2ccc(CNC3CC3)nn2)cc1. The Balaban J connectivity index is 1.59. The van der Waals surface area contributed by atoms with E-state index in [0.29, 0.717) is 11.9 Å². The van der Waals surface area contributed by atoms with E-state index in [-0.39, 0.29) is 0 Å². The van der Waals surface area contributed by atoms with Crippen molar-refractivity contribution in [3.05, 3.63) is 47.7 Å². The van der Waals surface area contributed by atoms with E-state index in [1.165, 1.54) is 18.4 Å². The van der Waals surface area contributed by atoms with Crippen molar-refractivity contribution in [1.29, 1.82) is 0 Å². The third-order valence-corrected chi connectivity index (χ3v) is 3.09. The van der Waals surface area contributed by atoms with Crippen LogP contribution in [0.3, 0.4) is 0 Å². The Morgan fingerprint density at radius 2 is 1.89 bits per heavy atom. The lowest BCUT2D eigenvalue weighted by atomic mass is 10.2. The van der Waals surface area contributed by atoms with Crippen LogP contribution in [0.1, 0.15) is 24.1 Å². The van der Waals surface area contributed by atoms with Gasteiger partial charge in [-0.25, -0.2) is 0 Å². The van der Waals surface area contributed by atoms with Gasteiger partial charge in [-0.1, -0.05) is 17.7 Å². The highest BCUT2D eigenvalue weighted by molar-refractivity contribution is 5.29. The van der Waals surface area contributed by atoms with Crippen LogP contribution in [0, 0.1) is 6.92 Å². The standard InChI is InChI=1S/C15H17N3O/c1-11-2-7-14(8-3-11)19-15-9-6-13(17-18-15)10-16-12-4-5-12/h2-3,6-9,12,16H,4-5,10H2,1H3. The number of aryl methyl sites for hydroxylation is 1. The number of benzene rings is 1. The average Bonchev–Trinajstić information content (AvgIpc) is 3.25. The Hall–Kier alpha value is -1.94. The van der Waals surface area contributed by atoms with E-state index >= 15 is 0 Å². The molecule has 1 aliphatic carbocycles. The lowest BCUT2D eigenvalue weighted by Crippen LogP contribution is -2.16. The molecular formula is C15H17N3O. The van der Waals surface area contributed by atoms with E-state index in [1.54, 1.807) is 0 Å². The molecule has 1 fully saturated rings. The molecule has 1 aromatic carbocycles. The molecule has 0 saturated heterocycles. The van der Waals surface area contributed by atoms with Gasteiger partial charge < -0.3 is 10.1 Å².